The first-order chi connectivity index (χ1) is 8.54. The summed E-state index contributed by atoms with van der Waals surface area (Å²) in [5.41, 5.74) is 7.01. The second kappa shape index (κ2) is 4.57. The summed E-state index contributed by atoms with van der Waals surface area (Å²) >= 11 is 0. The summed E-state index contributed by atoms with van der Waals surface area (Å²) in [6.45, 7) is 4.40. The van der Waals surface area contributed by atoms with Gasteiger partial charge in [0.15, 0.2) is 0 Å². The highest BCUT2D eigenvalue weighted by Crippen LogP contribution is 2.28. The number of nitrogens with zero attached hydrogens (tertiary/aromatic N) is 4. The van der Waals surface area contributed by atoms with Crippen molar-refractivity contribution in [2.75, 3.05) is 18.4 Å². The van der Waals surface area contributed by atoms with E-state index in [0.29, 0.717) is 18.8 Å². The lowest BCUT2D eigenvalue weighted by Crippen LogP contribution is -2.14. The van der Waals surface area contributed by atoms with Crippen LogP contribution in [0.1, 0.15) is 11.4 Å². The van der Waals surface area contributed by atoms with E-state index in [1.807, 2.05) is 13.0 Å². The summed E-state index contributed by atoms with van der Waals surface area (Å²) in [5, 5.41) is 18.1. The van der Waals surface area contributed by atoms with Crippen LogP contribution in [0.5, 0.6) is 0 Å². The third kappa shape index (κ3) is 1.97. The third-order valence-electron chi connectivity index (χ3n) is 2.49. The Morgan fingerprint density at radius 3 is 2.89 bits per heavy atom. The SMILES string of the molecule is Cc1cc(C)n2nc(NCCN)c([N+](=O)[O-])c2n1. The van der Waals surface area contributed by atoms with Gasteiger partial charge >= 0.3 is 5.69 Å². The molecule has 0 spiro atoms. The molecule has 2 aromatic rings. The number of nitrogens with one attached hydrogen (secondary N) is 1. The number of nitro groups is 1. The molecule has 96 valence electrons. The predicted octanol–water partition coefficient (Wildman–Crippen LogP) is 0.625. The smallest absolute Gasteiger partial charge is 0.357 e. The van der Waals surface area contributed by atoms with E-state index in [0.717, 1.165) is 5.69 Å². The molecule has 2 rings (SSSR count). The van der Waals surface area contributed by atoms with Gasteiger partial charge in [0.25, 0.3) is 0 Å². The lowest BCUT2D eigenvalue weighted by molar-refractivity contribution is -0.382. The molecule has 0 fully saturated rings. The van der Waals surface area contributed by atoms with Gasteiger partial charge in [0.05, 0.1) is 4.92 Å². The molecule has 0 radical (unpaired) electrons. The zero-order valence-corrected chi connectivity index (χ0v) is 10.2. The molecule has 0 saturated heterocycles. The summed E-state index contributed by atoms with van der Waals surface area (Å²) in [4.78, 5) is 14.8. The average Bonchev–Trinajstić information content (AvgIpc) is 2.64. The van der Waals surface area contributed by atoms with Gasteiger partial charge < -0.3 is 11.1 Å². The van der Waals surface area contributed by atoms with Crippen LogP contribution < -0.4 is 11.1 Å². The van der Waals surface area contributed by atoms with Crippen molar-refractivity contribution in [2.45, 2.75) is 13.8 Å². The molecule has 18 heavy (non-hydrogen) atoms. The standard InChI is InChI=1S/C10H14N6O2/c1-6-5-7(2)15-10(13-6)8(16(17)18)9(14-15)12-4-3-11/h5H,3-4,11H2,1-2H3,(H,12,14). The van der Waals surface area contributed by atoms with Gasteiger partial charge in [-0.25, -0.2) is 9.50 Å². The largest absolute Gasteiger partial charge is 0.362 e. The van der Waals surface area contributed by atoms with Gasteiger partial charge in [0, 0.05) is 24.5 Å². The predicted molar refractivity (Wildman–Crippen MR) is 66.7 cm³/mol. The number of nitrogens with two attached hydrogens (primary N) is 1. The minimum atomic E-state index is -0.479. The Bertz CT molecular complexity index is 606. The maximum Gasteiger partial charge on any atom is 0.357 e. The van der Waals surface area contributed by atoms with E-state index in [9.17, 15) is 10.1 Å². The Balaban J connectivity index is 2.67. The first-order valence-electron chi connectivity index (χ1n) is 5.50. The zero-order chi connectivity index (χ0) is 13.3. The van der Waals surface area contributed by atoms with Gasteiger partial charge in [-0.05, 0) is 19.9 Å². The van der Waals surface area contributed by atoms with Crippen molar-refractivity contribution in [1.82, 2.24) is 14.6 Å². The molecule has 0 aliphatic heterocycles. The summed E-state index contributed by atoms with van der Waals surface area (Å²) in [6, 6.07) is 1.82. The van der Waals surface area contributed by atoms with Gasteiger partial charge in [-0.1, -0.05) is 0 Å². The van der Waals surface area contributed by atoms with Crippen LogP contribution in [0.2, 0.25) is 0 Å². The first-order valence-corrected chi connectivity index (χ1v) is 5.50. The van der Waals surface area contributed by atoms with Crippen molar-refractivity contribution >= 4 is 17.2 Å². The van der Waals surface area contributed by atoms with Crippen LogP contribution >= 0.6 is 0 Å². The van der Waals surface area contributed by atoms with E-state index in [1.54, 1.807) is 6.92 Å². The molecule has 2 aromatic heterocycles. The van der Waals surface area contributed by atoms with Gasteiger partial charge in [-0.2, -0.15) is 0 Å². The molecule has 0 unspecified atom stereocenters. The number of aromatic nitrogens is 3. The van der Waals surface area contributed by atoms with E-state index in [1.165, 1.54) is 4.52 Å². The molecule has 8 heteroatoms. The Morgan fingerprint density at radius 2 is 2.28 bits per heavy atom. The van der Waals surface area contributed by atoms with Crippen LogP contribution in [-0.4, -0.2) is 32.6 Å². The lowest BCUT2D eigenvalue weighted by Gasteiger charge is -1.98. The van der Waals surface area contributed by atoms with Gasteiger partial charge in [0.1, 0.15) is 0 Å². The van der Waals surface area contributed by atoms with Crippen LogP contribution in [-0.2, 0) is 0 Å². The van der Waals surface area contributed by atoms with Crippen LogP contribution in [0.15, 0.2) is 6.07 Å². The average molecular weight is 250 g/mol. The fourth-order valence-corrected chi connectivity index (χ4v) is 1.79. The Hall–Kier alpha value is -2.22. The van der Waals surface area contributed by atoms with E-state index in [-0.39, 0.29) is 17.2 Å². The molecule has 0 amide bonds. The number of rotatable bonds is 4. The van der Waals surface area contributed by atoms with E-state index in [4.69, 9.17) is 5.73 Å². The molecule has 3 N–H and O–H groups in total. The summed E-state index contributed by atoms with van der Waals surface area (Å²) in [5.74, 6) is 0.201. The van der Waals surface area contributed by atoms with Gasteiger partial charge in [-0.15, -0.1) is 5.10 Å². The van der Waals surface area contributed by atoms with Crippen molar-refractivity contribution in [1.29, 1.82) is 0 Å². The fourth-order valence-electron chi connectivity index (χ4n) is 1.79. The molecule has 0 aliphatic rings. The topological polar surface area (TPSA) is 111 Å². The van der Waals surface area contributed by atoms with Crippen LogP contribution in [0.4, 0.5) is 11.5 Å². The maximum atomic E-state index is 11.1. The zero-order valence-electron chi connectivity index (χ0n) is 10.2. The van der Waals surface area contributed by atoms with Crippen molar-refractivity contribution < 1.29 is 4.92 Å². The first kappa shape index (κ1) is 12.2. The maximum absolute atomic E-state index is 11.1. The monoisotopic (exact) mass is 250 g/mol. The summed E-state index contributed by atoms with van der Waals surface area (Å²) < 4.78 is 1.46. The van der Waals surface area contributed by atoms with Gasteiger partial charge in [-0.3, -0.25) is 10.1 Å². The second-order valence-corrected chi connectivity index (χ2v) is 3.94. The summed E-state index contributed by atoms with van der Waals surface area (Å²) in [6.07, 6.45) is 0. The minimum absolute atomic E-state index is 0.116. The Kier molecular flexibility index (Phi) is 3.11. The van der Waals surface area contributed by atoms with Crippen LogP contribution in [0.25, 0.3) is 5.65 Å². The van der Waals surface area contributed by atoms with Crippen molar-refractivity contribution in [2.24, 2.45) is 5.73 Å². The highest BCUT2D eigenvalue weighted by Gasteiger charge is 2.25. The highest BCUT2D eigenvalue weighted by atomic mass is 16.6. The van der Waals surface area contributed by atoms with Crippen LogP contribution in [0, 0.1) is 24.0 Å². The molecule has 0 atom stereocenters. The summed E-state index contributed by atoms with van der Waals surface area (Å²) in [7, 11) is 0. The van der Waals surface area contributed by atoms with E-state index >= 15 is 0 Å². The molecule has 0 saturated carbocycles. The number of aryl methyl sites for hydroxylation is 2. The molecular weight excluding hydrogens is 236 g/mol. The quantitative estimate of drug-likeness (QED) is 0.608. The minimum Gasteiger partial charge on any atom is -0.362 e. The second-order valence-electron chi connectivity index (χ2n) is 3.94. The normalized spacial score (nSPS) is 10.8. The fraction of sp³-hybridized carbons (Fsp3) is 0.400. The van der Waals surface area contributed by atoms with Crippen LogP contribution in [0.3, 0.4) is 0 Å². The number of fused-ring (bicyclic) bond motifs is 1. The molecule has 0 bridgehead atoms. The van der Waals surface area contributed by atoms with Crippen molar-refractivity contribution in [3.63, 3.8) is 0 Å². The lowest BCUT2D eigenvalue weighted by atomic mass is 10.3. The Labute approximate surface area is 103 Å². The molecule has 2 heterocycles. The molecule has 0 aliphatic carbocycles. The third-order valence-corrected chi connectivity index (χ3v) is 2.49. The Morgan fingerprint density at radius 1 is 1.56 bits per heavy atom. The van der Waals surface area contributed by atoms with Crippen molar-refractivity contribution in [3.05, 3.63) is 27.6 Å². The van der Waals surface area contributed by atoms with Crippen molar-refractivity contribution in [3.8, 4) is 0 Å². The number of hydrogen-bond acceptors (Lipinski definition) is 6. The van der Waals surface area contributed by atoms with Gasteiger partial charge in [0.2, 0.25) is 11.5 Å². The molecule has 8 nitrogen and oxygen atoms in total. The molecular formula is C10H14N6O2. The highest BCUT2D eigenvalue weighted by molar-refractivity contribution is 5.73. The van der Waals surface area contributed by atoms with E-state index < -0.39 is 4.92 Å². The molecule has 0 aromatic carbocycles. The number of hydrogen-bond donors (Lipinski definition) is 2. The number of anilines is 1. The van der Waals surface area contributed by atoms with E-state index in [2.05, 4.69) is 15.4 Å².